The summed E-state index contributed by atoms with van der Waals surface area (Å²) in [7, 11) is 0. The first-order chi connectivity index (χ1) is 10.9. The molecule has 0 amide bonds. The van der Waals surface area contributed by atoms with Gasteiger partial charge in [0.2, 0.25) is 5.95 Å². The van der Waals surface area contributed by atoms with Gasteiger partial charge in [-0.15, -0.1) is 0 Å². The fourth-order valence-electron chi connectivity index (χ4n) is 2.06. The number of anilines is 1. The van der Waals surface area contributed by atoms with E-state index in [1.807, 2.05) is 24.3 Å². The van der Waals surface area contributed by atoms with Crippen LogP contribution in [0.3, 0.4) is 0 Å². The average Bonchev–Trinajstić information content (AvgIpc) is 3.10. The molecule has 2 aromatic heterocycles. The summed E-state index contributed by atoms with van der Waals surface area (Å²) in [6, 6.07) is 9.71. The Balaban J connectivity index is 1.50. The number of rotatable bonds is 7. The maximum Gasteiger partial charge on any atom is 0.222 e. The number of benzene rings is 1. The van der Waals surface area contributed by atoms with Crippen molar-refractivity contribution in [2.24, 2.45) is 0 Å². The Bertz CT molecular complexity index is 685. The van der Waals surface area contributed by atoms with Crippen LogP contribution in [-0.4, -0.2) is 33.1 Å². The summed E-state index contributed by atoms with van der Waals surface area (Å²) in [4.78, 5) is 15.4. The van der Waals surface area contributed by atoms with Crippen LogP contribution in [0.2, 0.25) is 0 Å². The molecule has 0 saturated heterocycles. The van der Waals surface area contributed by atoms with Crippen molar-refractivity contribution >= 4 is 5.95 Å². The molecule has 6 nitrogen and oxygen atoms in total. The fraction of sp³-hybridized carbons (Fsp3) is 0.188. The normalized spacial score (nSPS) is 10.4. The third kappa shape index (κ3) is 3.60. The van der Waals surface area contributed by atoms with Crippen molar-refractivity contribution in [1.82, 2.24) is 19.9 Å². The molecule has 3 aromatic rings. The highest BCUT2D eigenvalue weighted by atomic mass is 16.5. The van der Waals surface area contributed by atoms with Crippen LogP contribution < -0.4 is 10.1 Å². The number of aromatic amines is 1. The molecule has 0 unspecified atom stereocenters. The van der Waals surface area contributed by atoms with E-state index in [1.54, 1.807) is 31.0 Å². The van der Waals surface area contributed by atoms with E-state index < -0.39 is 0 Å². The number of nitrogens with zero attached hydrogens (tertiary/aromatic N) is 3. The summed E-state index contributed by atoms with van der Waals surface area (Å²) < 4.78 is 5.87. The van der Waals surface area contributed by atoms with Crippen LogP contribution in [0.1, 0.15) is 6.42 Å². The van der Waals surface area contributed by atoms with Gasteiger partial charge >= 0.3 is 0 Å². The molecule has 0 spiro atoms. The number of imidazole rings is 1. The Kier molecular flexibility index (Phi) is 4.61. The number of hydrogen-bond acceptors (Lipinski definition) is 5. The first-order valence-electron chi connectivity index (χ1n) is 7.15. The minimum atomic E-state index is 0.616. The topological polar surface area (TPSA) is 75.7 Å². The first kappa shape index (κ1) is 14.1. The summed E-state index contributed by atoms with van der Waals surface area (Å²) in [5, 5.41) is 3.15. The molecule has 0 saturated carbocycles. The summed E-state index contributed by atoms with van der Waals surface area (Å²) in [6.45, 7) is 1.38. The summed E-state index contributed by atoms with van der Waals surface area (Å²) >= 11 is 0. The third-order valence-corrected chi connectivity index (χ3v) is 3.10. The van der Waals surface area contributed by atoms with Crippen molar-refractivity contribution in [3.8, 4) is 17.0 Å². The Morgan fingerprint density at radius 3 is 2.77 bits per heavy atom. The maximum absolute atomic E-state index is 5.87. The molecular formula is C16H17N5O. The van der Waals surface area contributed by atoms with Gasteiger partial charge in [-0.1, -0.05) is 12.1 Å². The zero-order valence-corrected chi connectivity index (χ0v) is 12.1. The largest absolute Gasteiger partial charge is 0.493 e. The molecule has 0 aliphatic rings. The molecule has 0 radical (unpaired) electrons. The molecule has 22 heavy (non-hydrogen) atoms. The molecule has 2 heterocycles. The molecule has 2 N–H and O–H groups in total. The Morgan fingerprint density at radius 2 is 1.95 bits per heavy atom. The zero-order chi connectivity index (χ0) is 15.0. The molecule has 1 aromatic carbocycles. The minimum absolute atomic E-state index is 0.616. The highest BCUT2D eigenvalue weighted by molar-refractivity contribution is 5.66. The monoisotopic (exact) mass is 295 g/mol. The van der Waals surface area contributed by atoms with Crippen molar-refractivity contribution in [2.45, 2.75) is 6.42 Å². The van der Waals surface area contributed by atoms with E-state index in [-0.39, 0.29) is 0 Å². The molecule has 0 fully saturated rings. The van der Waals surface area contributed by atoms with E-state index in [4.69, 9.17) is 4.74 Å². The molecule has 3 rings (SSSR count). The van der Waals surface area contributed by atoms with Crippen LogP contribution in [0.25, 0.3) is 11.3 Å². The van der Waals surface area contributed by atoms with E-state index in [0.717, 1.165) is 30.0 Å². The summed E-state index contributed by atoms with van der Waals surface area (Å²) in [6.07, 6.45) is 7.74. The van der Waals surface area contributed by atoms with E-state index in [9.17, 15) is 0 Å². The van der Waals surface area contributed by atoms with Gasteiger partial charge in [0.1, 0.15) is 5.75 Å². The van der Waals surface area contributed by atoms with Gasteiger partial charge in [-0.2, -0.15) is 0 Å². The SMILES string of the molecule is c1cnc(NCCCOc2ccccc2-c2cnc[nH]2)nc1. The Hall–Kier alpha value is -2.89. The van der Waals surface area contributed by atoms with Gasteiger partial charge in [0.05, 0.1) is 24.8 Å². The second-order valence-electron chi connectivity index (χ2n) is 4.66. The van der Waals surface area contributed by atoms with Crippen molar-refractivity contribution in [3.05, 3.63) is 55.2 Å². The highest BCUT2D eigenvalue weighted by Crippen LogP contribution is 2.27. The molecule has 6 heteroatoms. The lowest BCUT2D eigenvalue weighted by atomic mass is 10.1. The quantitative estimate of drug-likeness (QED) is 0.655. The van der Waals surface area contributed by atoms with Gasteiger partial charge in [-0.25, -0.2) is 15.0 Å². The van der Waals surface area contributed by atoms with Gasteiger partial charge in [-0.3, -0.25) is 0 Å². The van der Waals surface area contributed by atoms with E-state index in [1.165, 1.54) is 0 Å². The van der Waals surface area contributed by atoms with E-state index in [2.05, 4.69) is 25.3 Å². The molecule has 0 atom stereocenters. The fourth-order valence-corrected chi connectivity index (χ4v) is 2.06. The lowest BCUT2D eigenvalue weighted by molar-refractivity contribution is 0.316. The Labute approximate surface area is 128 Å². The van der Waals surface area contributed by atoms with Crippen molar-refractivity contribution in [2.75, 3.05) is 18.5 Å². The van der Waals surface area contributed by atoms with Crippen LogP contribution in [0.15, 0.2) is 55.2 Å². The van der Waals surface area contributed by atoms with E-state index in [0.29, 0.717) is 12.6 Å². The first-order valence-corrected chi connectivity index (χ1v) is 7.15. The summed E-state index contributed by atoms with van der Waals surface area (Å²) in [5.74, 6) is 1.49. The third-order valence-electron chi connectivity index (χ3n) is 3.10. The highest BCUT2D eigenvalue weighted by Gasteiger charge is 2.06. The predicted molar refractivity (Wildman–Crippen MR) is 84.7 cm³/mol. The zero-order valence-electron chi connectivity index (χ0n) is 12.1. The second-order valence-corrected chi connectivity index (χ2v) is 4.66. The minimum Gasteiger partial charge on any atom is -0.493 e. The number of ether oxygens (including phenoxy) is 1. The predicted octanol–water partition coefficient (Wildman–Crippen LogP) is 2.75. The molecule has 0 aliphatic carbocycles. The number of H-pyrrole nitrogens is 1. The van der Waals surface area contributed by atoms with Crippen LogP contribution in [0, 0.1) is 0 Å². The smallest absolute Gasteiger partial charge is 0.222 e. The lowest BCUT2D eigenvalue weighted by Crippen LogP contribution is -2.09. The van der Waals surface area contributed by atoms with Gasteiger partial charge in [-0.05, 0) is 24.6 Å². The molecule has 0 aliphatic heterocycles. The molecular weight excluding hydrogens is 278 g/mol. The lowest BCUT2D eigenvalue weighted by Gasteiger charge is -2.10. The van der Waals surface area contributed by atoms with Crippen LogP contribution >= 0.6 is 0 Å². The average molecular weight is 295 g/mol. The van der Waals surface area contributed by atoms with E-state index >= 15 is 0 Å². The van der Waals surface area contributed by atoms with Crippen LogP contribution in [0.4, 0.5) is 5.95 Å². The van der Waals surface area contributed by atoms with Crippen LogP contribution in [0.5, 0.6) is 5.75 Å². The van der Waals surface area contributed by atoms with Crippen molar-refractivity contribution in [1.29, 1.82) is 0 Å². The number of hydrogen-bond donors (Lipinski definition) is 2. The number of para-hydroxylation sites is 1. The van der Waals surface area contributed by atoms with Gasteiger partial charge in [0.15, 0.2) is 0 Å². The van der Waals surface area contributed by atoms with Crippen molar-refractivity contribution < 1.29 is 4.74 Å². The maximum atomic E-state index is 5.87. The van der Waals surface area contributed by atoms with Crippen molar-refractivity contribution in [3.63, 3.8) is 0 Å². The Morgan fingerprint density at radius 1 is 1.09 bits per heavy atom. The second kappa shape index (κ2) is 7.21. The summed E-state index contributed by atoms with van der Waals surface area (Å²) in [5.41, 5.74) is 1.96. The standard InChI is InChI=1S/C16H17N5O/c1-2-6-15(13(5-1)14-11-17-12-21-14)22-10-4-9-20-16-18-7-3-8-19-16/h1-3,5-8,11-12H,4,9-10H2,(H,17,21)(H,18,19,20). The van der Waals surface area contributed by atoms with Gasteiger partial charge in [0.25, 0.3) is 0 Å². The van der Waals surface area contributed by atoms with Gasteiger partial charge < -0.3 is 15.0 Å². The molecule has 112 valence electrons. The van der Waals surface area contributed by atoms with Crippen LogP contribution in [-0.2, 0) is 0 Å². The number of nitrogens with one attached hydrogen (secondary N) is 2. The number of aromatic nitrogens is 4. The van der Waals surface area contributed by atoms with Gasteiger partial charge in [0, 0.05) is 24.5 Å². The molecule has 0 bridgehead atoms.